The van der Waals surface area contributed by atoms with Crippen molar-refractivity contribution >= 4 is 27.5 Å². The minimum Gasteiger partial charge on any atom is -0.351 e. The summed E-state index contributed by atoms with van der Waals surface area (Å²) in [4.78, 5) is 13.2. The van der Waals surface area contributed by atoms with Gasteiger partial charge in [-0.2, -0.15) is 0 Å². The third-order valence-electron chi connectivity index (χ3n) is 3.74. The number of hydrogen-bond donors (Lipinski definition) is 1. The first-order valence-electron chi connectivity index (χ1n) is 7.01. The van der Waals surface area contributed by atoms with Gasteiger partial charge in [-0.15, -0.1) is 11.8 Å². The van der Waals surface area contributed by atoms with Crippen LogP contribution >= 0.6 is 11.8 Å². The maximum atomic E-state index is 12.1. The number of carbonyl (C=O) groups is 1. The Bertz CT molecular complexity index is 640. The Morgan fingerprint density at radius 3 is 2.62 bits per heavy atom. The van der Waals surface area contributed by atoms with Gasteiger partial charge < -0.3 is 5.32 Å². The molecule has 0 radical (unpaired) electrons. The first kappa shape index (κ1) is 16.4. The Balaban J connectivity index is 1.92. The highest BCUT2D eigenvalue weighted by atomic mass is 32.2. The Morgan fingerprint density at radius 1 is 1.33 bits per heavy atom. The van der Waals surface area contributed by atoms with Crippen LogP contribution in [-0.2, 0) is 14.6 Å². The zero-order chi connectivity index (χ0) is 15.6. The number of benzene rings is 1. The van der Waals surface area contributed by atoms with Crippen LogP contribution in [0.15, 0.2) is 23.1 Å². The standard InChI is InChI=1S/C15H21NO3S2/c1-10-4-5-14(8-11(10)2)20-12(3)15(17)16-13-6-7-21(18,19)9-13/h4-5,8,12-13H,6-7,9H2,1-3H3,(H,16,17)/t12-,13-/m0/s1. The summed E-state index contributed by atoms with van der Waals surface area (Å²) >= 11 is 1.50. The van der Waals surface area contributed by atoms with Crippen LogP contribution in [0.1, 0.15) is 24.5 Å². The van der Waals surface area contributed by atoms with Gasteiger partial charge in [0.2, 0.25) is 5.91 Å². The predicted octanol–water partition coefficient (Wildman–Crippen LogP) is 2.09. The number of sulfone groups is 1. The van der Waals surface area contributed by atoms with Gasteiger partial charge in [0, 0.05) is 10.9 Å². The number of thioether (sulfide) groups is 1. The van der Waals surface area contributed by atoms with E-state index >= 15 is 0 Å². The van der Waals surface area contributed by atoms with Crippen molar-refractivity contribution in [1.29, 1.82) is 0 Å². The lowest BCUT2D eigenvalue weighted by atomic mass is 10.1. The first-order valence-corrected chi connectivity index (χ1v) is 9.71. The lowest BCUT2D eigenvalue weighted by molar-refractivity contribution is -0.120. The summed E-state index contributed by atoms with van der Waals surface area (Å²) in [6.07, 6.45) is 0.523. The third-order valence-corrected chi connectivity index (χ3v) is 6.60. The van der Waals surface area contributed by atoms with Crippen LogP contribution in [-0.4, -0.2) is 37.1 Å². The Morgan fingerprint density at radius 2 is 2.05 bits per heavy atom. The molecule has 1 saturated heterocycles. The molecule has 4 nitrogen and oxygen atoms in total. The van der Waals surface area contributed by atoms with E-state index in [9.17, 15) is 13.2 Å². The normalized spacial score (nSPS) is 22.0. The van der Waals surface area contributed by atoms with Crippen molar-refractivity contribution in [2.24, 2.45) is 0 Å². The maximum absolute atomic E-state index is 12.1. The molecule has 2 atom stereocenters. The summed E-state index contributed by atoms with van der Waals surface area (Å²) in [5, 5.41) is 2.60. The van der Waals surface area contributed by atoms with Crippen molar-refractivity contribution in [3.05, 3.63) is 29.3 Å². The van der Waals surface area contributed by atoms with Crippen molar-refractivity contribution in [3.8, 4) is 0 Å². The zero-order valence-corrected chi connectivity index (χ0v) is 14.2. The van der Waals surface area contributed by atoms with Crippen molar-refractivity contribution in [1.82, 2.24) is 5.32 Å². The molecular weight excluding hydrogens is 306 g/mol. The van der Waals surface area contributed by atoms with Gasteiger partial charge in [-0.05, 0) is 50.5 Å². The van der Waals surface area contributed by atoms with Crippen LogP contribution in [0.4, 0.5) is 0 Å². The summed E-state index contributed by atoms with van der Waals surface area (Å²) in [6.45, 7) is 5.95. The molecule has 0 aliphatic carbocycles. The maximum Gasteiger partial charge on any atom is 0.233 e. The summed E-state index contributed by atoms with van der Waals surface area (Å²) < 4.78 is 22.8. The van der Waals surface area contributed by atoms with Crippen molar-refractivity contribution < 1.29 is 13.2 Å². The average molecular weight is 327 g/mol. The number of nitrogens with one attached hydrogen (secondary N) is 1. The molecule has 6 heteroatoms. The number of carbonyl (C=O) groups excluding carboxylic acids is 1. The molecule has 1 aromatic rings. The van der Waals surface area contributed by atoms with E-state index in [1.807, 2.05) is 26.0 Å². The fourth-order valence-corrected chi connectivity index (χ4v) is 4.92. The molecule has 116 valence electrons. The van der Waals surface area contributed by atoms with Crippen molar-refractivity contribution in [2.75, 3.05) is 11.5 Å². The van der Waals surface area contributed by atoms with Gasteiger partial charge in [0.1, 0.15) is 0 Å². The van der Waals surface area contributed by atoms with Gasteiger partial charge in [-0.3, -0.25) is 4.79 Å². The number of hydrogen-bond acceptors (Lipinski definition) is 4. The monoisotopic (exact) mass is 327 g/mol. The zero-order valence-electron chi connectivity index (χ0n) is 12.5. The molecule has 0 bridgehead atoms. The van der Waals surface area contributed by atoms with Gasteiger partial charge in [0.25, 0.3) is 0 Å². The van der Waals surface area contributed by atoms with E-state index in [1.54, 1.807) is 0 Å². The number of amides is 1. The molecule has 2 rings (SSSR count). The largest absolute Gasteiger partial charge is 0.351 e. The van der Waals surface area contributed by atoms with E-state index in [0.29, 0.717) is 6.42 Å². The minimum atomic E-state index is -2.96. The lowest BCUT2D eigenvalue weighted by Gasteiger charge is -2.16. The quantitative estimate of drug-likeness (QED) is 0.860. The predicted molar refractivity (Wildman–Crippen MR) is 86.4 cm³/mol. The van der Waals surface area contributed by atoms with Crippen molar-refractivity contribution in [2.45, 2.75) is 43.4 Å². The van der Waals surface area contributed by atoms with Crippen molar-refractivity contribution in [3.63, 3.8) is 0 Å². The average Bonchev–Trinajstić information content (AvgIpc) is 2.73. The molecule has 1 aromatic carbocycles. The van der Waals surface area contributed by atoms with Crippen LogP contribution in [0.2, 0.25) is 0 Å². The number of rotatable bonds is 4. The van der Waals surface area contributed by atoms with Gasteiger partial charge in [0.05, 0.1) is 16.8 Å². The lowest BCUT2D eigenvalue weighted by Crippen LogP contribution is -2.39. The van der Waals surface area contributed by atoms with E-state index in [4.69, 9.17) is 0 Å². The van der Waals surface area contributed by atoms with E-state index in [2.05, 4.69) is 18.3 Å². The highest BCUT2D eigenvalue weighted by Crippen LogP contribution is 2.25. The summed E-state index contributed by atoms with van der Waals surface area (Å²) in [7, 11) is -2.96. The molecule has 0 aromatic heterocycles. The topological polar surface area (TPSA) is 63.2 Å². The SMILES string of the molecule is Cc1ccc(S[C@@H](C)C(=O)N[C@H]2CCS(=O)(=O)C2)cc1C. The summed E-state index contributed by atoms with van der Waals surface area (Å²) in [6, 6.07) is 5.90. The fourth-order valence-electron chi connectivity index (χ4n) is 2.27. The summed E-state index contributed by atoms with van der Waals surface area (Å²) in [5.41, 5.74) is 2.43. The van der Waals surface area contributed by atoms with Crippen LogP contribution in [0.25, 0.3) is 0 Å². The van der Waals surface area contributed by atoms with Crippen LogP contribution in [0.3, 0.4) is 0 Å². The van der Waals surface area contributed by atoms with E-state index in [-0.39, 0.29) is 28.7 Å². The van der Waals surface area contributed by atoms with Gasteiger partial charge in [0.15, 0.2) is 9.84 Å². The smallest absolute Gasteiger partial charge is 0.233 e. The Hall–Kier alpha value is -1.01. The van der Waals surface area contributed by atoms with E-state index in [0.717, 1.165) is 4.90 Å². The Kier molecular flexibility index (Phi) is 4.99. The summed E-state index contributed by atoms with van der Waals surface area (Å²) in [5.74, 6) is 0.150. The molecular formula is C15H21NO3S2. The minimum absolute atomic E-state index is 0.0692. The van der Waals surface area contributed by atoms with E-state index in [1.165, 1.54) is 22.9 Å². The molecule has 1 amide bonds. The first-order chi connectivity index (χ1) is 9.77. The second-order valence-electron chi connectivity index (χ2n) is 5.61. The second kappa shape index (κ2) is 6.40. The molecule has 1 N–H and O–H groups in total. The van der Waals surface area contributed by atoms with E-state index < -0.39 is 9.84 Å². The number of aryl methyl sites for hydroxylation is 2. The highest BCUT2D eigenvalue weighted by Gasteiger charge is 2.30. The third kappa shape index (κ3) is 4.48. The molecule has 1 heterocycles. The molecule has 0 spiro atoms. The highest BCUT2D eigenvalue weighted by molar-refractivity contribution is 8.00. The van der Waals surface area contributed by atoms with Gasteiger partial charge in [-0.1, -0.05) is 6.07 Å². The second-order valence-corrected chi connectivity index (χ2v) is 9.26. The van der Waals surface area contributed by atoms with Crippen LogP contribution < -0.4 is 5.32 Å². The van der Waals surface area contributed by atoms with Gasteiger partial charge in [-0.25, -0.2) is 8.42 Å². The fraction of sp³-hybridized carbons (Fsp3) is 0.533. The molecule has 0 unspecified atom stereocenters. The van der Waals surface area contributed by atoms with Crippen LogP contribution in [0.5, 0.6) is 0 Å². The van der Waals surface area contributed by atoms with Crippen LogP contribution in [0, 0.1) is 13.8 Å². The molecule has 1 aliphatic rings. The molecule has 1 fully saturated rings. The molecule has 0 saturated carbocycles. The molecule has 21 heavy (non-hydrogen) atoms. The Labute approximate surface area is 130 Å². The molecule has 1 aliphatic heterocycles. The van der Waals surface area contributed by atoms with Gasteiger partial charge >= 0.3 is 0 Å².